The van der Waals surface area contributed by atoms with E-state index < -0.39 is 0 Å². The van der Waals surface area contributed by atoms with Gasteiger partial charge in [0.15, 0.2) is 0 Å². The van der Waals surface area contributed by atoms with Gasteiger partial charge in [-0.3, -0.25) is 4.79 Å². The molecule has 7 rings (SSSR count). The fourth-order valence-corrected chi connectivity index (χ4v) is 7.27. The fraction of sp³-hybridized carbons (Fsp3) is 0.640. The molecule has 0 atom stereocenters. The summed E-state index contributed by atoms with van der Waals surface area (Å²) in [7, 11) is 0. The number of amides is 1. The predicted molar refractivity (Wildman–Crippen MR) is 115 cm³/mol. The van der Waals surface area contributed by atoms with Gasteiger partial charge in [0.1, 0.15) is 6.61 Å². The van der Waals surface area contributed by atoms with E-state index >= 15 is 0 Å². The quantitative estimate of drug-likeness (QED) is 0.748. The second kappa shape index (κ2) is 7.66. The largest absolute Gasteiger partial charge is 0.423 e. The number of ether oxygens (including phenoxy) is 1. The average Bonchev–Trinajstić information content (AvgIpc) is 3.17. The minimum Gasteiger partial charge on any atom is -0.423 e. The number of rotatable bonds is 6. The van der Waals surface area contributed by atoms with E-state index in [9.17, 15) is 9.90 Å². The van der Waals surface area contributed by atoms with E-state index in [-0.39, 0.29) is 30.1 Å². The van der Waals surface area contributed by atoms with E-state index in [0.717, 1.165) is 25.7 Å². The number of benzene rings is 1. The molecule has 0 spiro atoms. The van der Waals surface area contributed by atoms with Gasteiger partial charge in [0.2, 0.25) is 17.7 Å². The minimum absolute atomic E-state index is 0.0208. The van der Waals surface area contributed by atoms with Gasteiger partial charge >= 0.3 is 0 Å². The topological polar surface area (TPSA) is 88.7 Å². The molecule has 0 unspecified atom stereocenters. The zero-order valence-electron chi connectivity index (χ0n) is 18.5. The summed E-state index contributed by atoms with van der Waals surface area (Å²) >= 11 is 0. The lowest BCUT2D eigenvalue weighted by Crippen LogP contribution is -2.62. The number of aliphatic hydroxyl groups excluding tert-OH is 1. The zero-order valence-corrected chi connectivity index (χ0v) is 18.5. The molecule has 170 valence electrons. The highest BCUT2D eigenvalue weighted by Crippen LogP contribution is 2.64. The van der Waals surface area contributed by atoms with Crippen molar-refractivity contribution < 1.29 is 19.1 Å². The van der Waals surface area contributed by atoms with Gasteiger partial charge in [-0.15, -0.1) is 10.2 Å². The number of hydrogen-bond donors (Lipinski definition) is 1. The molecule has 4 bridgehead atoms. The third-order valence-electron chi connectivity index (χ3n) is 8.74. The number of aliphatic hydroxyl groups is 1. The van der Waals surface area contributed by atoms with Crippen LogP contribution in [0.3, 0.4) is 0 Å². The van der Waals surface area contributed by atoms with Crippen molar-refractivity contribution in [3.05, 3.63) is 47.7 Å². The maximum atomic E-state index is 13.5. The SMILES string of the molecule is Cc1nnc(COC2CN(C(=O)CC3(c4ccccc4)C4CC5CC3CC(C4)C5O)C2)o1. The molecule has 1 aromatic carbocycles. The monoisotopic (exact) mass is 437 g/mol. The van der Waals surface area contributed by atoms with Crippen LogP contribution in [0.15, 0.2) is 34.7 Å². The molecule has 5 aliphatic rings. The van der Waals surface area contributed by atoms with E-state index in [1.165, 1.54) is 5.56 Å². The van der Waals surface area contributed by atoms with Gasteiger partial charge in [0, 0.05) is 31.8 Å². The van der Waals surface area contributed by atoms with Gasteiger partial charge in [0.25, 0.3) is 0 Å². The zero-order chi connectivity index (χ0) is 21.9. The van der Waals surface area contributed by atoms with Crippen LogP contribution in [-0.4, -0.2) is 51.4 Å². The summed E-state index contributed by atoms with van der Waals surface area (Å²) in [5.41, 5.74) is 1.22. The van der Waals surface area contributed by atoms with E-state index in [1.54, 1.807) is 6.92 Å². The molecule has 7 nitrogen and oxygen atoms in total. The number of aryl methyl sites for hydroxylation is 1. The van der Waals surface area contributed by atoms with Crippen molar-refractivity contribution >= 4 is 5.91 Å². The normalized spacial score (nSPS) is 35.8. The predicted octanol–water partition coefficient (Wildman–Crippen LogP) is 2.86. The molecular formula is C25H31N3O4. The van der Waals surface area contributed by atoms with Crippen molar-refractivity contribution in [3.8, 4) is 0 Å². The van der Waals surface area contributed by atoms with Crippen molar-refractivity contribution in [2.24, 2.45) is 23.7 Å². The Balaban J connectivity index is 1.15. The second-order valence-electron chi connectivity index (χ2n) is 10.4. The van der Waals surface area contributed by atoms with Crippen molar-refractivity contribution in [3.63, 3.8) is 0 Å². The van der Waals surface area contributed by atoms with Gasteiger partial charge in [-0.05, 0) is 54.9 Å². The molecular weight excluding hydrogens is 406 g/mol. The molecule has 0 radical (unpaired) electrons. The Bertz CT molecular complexity index is 954. The number of nitrogens with zero attached hydrogens (tertiary/aromatic N) is 3. The first kappa shape index (κ1) is 20.4. The summed E-state index contributed by atoms with van der Waals surface area (Å²) in [6.07, 6.45) is 4.64. The molecule has 32 heavy (non-hydrogen) atoms. The highest BCUT2D eigenvalue weighted by atomic mass is 16.5. The Hall–Kier alpha value is -2.25. The van der Waals surface area contributed by atoms with Crippen LogP contribution in [0.25, 0.3) is 0 Å². The molecule has 1 aromatic heterocycles. The summed E-state index contributed by atoms with van der Waals surface area (Å²) in [4.78, 5) is 15.4. The van der Waals surface area contributed by atoms with Crippen LogP contribution < -0.4 is 0 Å². The Labute approximate surface area is 188 Å². The molecule has 1 saturated heterocycles. The second-order valence-corrected chi connectivity index (χ2v) is 10.4. The molecule has 7 heteroatoms. The van der Waals surface area contributed by atoms with Gasteiger partial charge in [0.05, 0.1) is 12.2 Å². The molecule has 1 N–H and O–H groups in total. The first-order valence-electron chi connectivity index (χ1n) is 11.9. The van der Waals surface area contributed by atoms with Crippen LogP contribution in [0, 0.1) is 30.6 Å². The van der Waals surface area contributed by atoms with Crippen molar-refractivity contribution in [1.29, 1.82) is 0 Å². The Morgan fingerprint density at radius 2 is 1.78 bits per heavy atom. The van der Waals surface area contributed by atoms with Crippen molar-refractivity contribution in [2.45, 2.75) is 63.3 Å². The molecule has 4 aliphatic carbocycles. The van der Waals surface area contributed by atoms with Crippen LogP contribution in [0.1, 0.15) is 49.4 Å². The molecule has 5 fully saturated rings. The van der Waals surface area contributed by atoms with Crippen LogP contribution in [0.4, 0.5) is 0 Å². The molecule has 1 amide bonds. The molecule has 1 aliphatic heterocycles. The van der Waals surface area contributed by atoms with Gasteiger partial charge in [-0.1, -0.05) is 30.3 Å². The van der Waals surface area contributed by atoms with E-state index in [0.29, 0.717) is 55.0 Å². The smallest absolute Gasteiger partial charge is 0.242 e. The minimum atomic E-state index is -0.136. The molecule has 2 aromatic rings. The Morgan fingerprint density at radius 3 is 2.38 bits per heavy atom. The standard InChI is InChI=1S/C25H31N3O4/c1-15-26-27-22(32-15)14-31-21-12-28(13-21)23(29)11-25(18-5-3-2-4-6-18)19-7-16-8-20(25)10-17(9-19)24(16)30/h2-6,16-17,19-21,24,30H,7-14H2,1H3. The van der Waals surface area contributed by atoms with Crippen LogP contribution >= 0.6 is 0 Å². The van der Waals surface area contributed by atoms with E-state index in [1.807, 2.05) is 4.90 Å². The average molecular weight is 438 g/mol. The lowest BCUT2D eigenvalue weighted by Gasteiger charge is -2.63. The highest BCUT2D eigenvalue weighted by Gasteiger charge is 2.61. The first-order chi connectivity index (χ1) is 15.5. The Morgan fingerprint density at radius 1 is 1.12 bits per heavy atom. The van der Waals surface area contributed by atoms with Gasteiger partial charge in [-0.25, -0.2) is 0 Å². The summed E-state index contributed by atoms with van der Waals surface area (Å²) in [5.74, 6) is 3.03. The number of likely N-dealkylation sites (tertiary alicyclic amines) is 1. The maximum absolute atomic E-state index is 13.5. The fourth-order valence-electron chi connectivity index (χ4n) is 7.27. The molecule has 2 heterocycles. The van der Waals surface area contributed by atoms with Crippen molar-refractivity contribution in [2.75, 3.05) is 13.1 Å². The van der Waals surface area contributed by atoms with Gasteiger partial charge in [-0.2, -0.15) is 0 Å². The third-order valence-corrected chi connectivity index (χ3v) is 8.74. The summed E-state index contributed by atoms with van der Waals surface area (Å²) in [5, 5.41) is 18.4. The summed E-state index contributed by atoms with van der Waals surface area (Å²) in [6, 6.07) is 10.7. The maximum Gasteiger partial charge on any atom is 0.242 e. The van der Waals surface area contributed by atoms with Crippen LogP contribution in [-0.2, 0) is 21.6 Å². The lowest BCUT2D eigenvalue weighted by atomic mass is 9.42. The van der Waals surface area contributed by atoms with Gasteiger partial charge < -0.3 is 19.2 Å². The first-order valence-corrected chi connectivity index (χ1v) is 11.9. The summed E-state index contributed by atoms with van der Waals surface area (Å²) in [6.45, 7) is 3.29. The Kier molecular flexibility index (Phi) is 4.88. The third kappa shape index (κ3) is 3.20. The number of carbonyl (C=O) groups excluding carboxylic acids is 1. The van der Waals surface area contributed by atoms with Crippen molar-refractivity contribution in [1.82, 2.24) is 15.1 Å². The van der Waals surface area contributed by atoms with E-state index in [2.05, 4.69) is 40.5 Å². The van der Waals surface area contributed by atoms with Crippen LogP contribution in [0.5, 0.6) is 0 Å². The number of carbonyl (C=O) groups is 1. The lowest BCUT2D eigenvalue weighted by molar-refractivity contribution is -0.161. The van der Waals surface area contributed by atoms with E-state index in [4.69, 9.17) is 9.15 Å². The highest BCUT2D eigenvalue weighted by molar-refractivity contribution is 5.79. The number of hydrogen-bond acceptors (Lipinski definition) is 6. The molecule has 4 saturated carbocycles. The van der Waals surface area contributed by atoms with Crippen LogP contribution in [0.2, 0.25) is 0 Å². The summed E-state index contributed by atoms with van der Waals surface area (Å²) < 4.78 is 11.2. The number of aromatic nitrogens is 2.